The summed E-state index contributed by atoms with van der Waals surface area (Å²) in [5, 5.41) is 0. The molecule has 0 aliphatic carbocycles. The first kappa shape index (κ1) is 23.9. The minimum atomic E-state index is -4.55. The fourth-order valence-electron chi connectivity index (χ4n) is 5.02. The van der Waals surface area contributed by atoms with Gasteiger partial charge in [-0.3, -0.25) is 9.13 Å². The Morgan fingerprint density at radius 3 is 2.47 bits per heavy atom. The standard InChI is InChI=1S/C26H24F4N4O2/c1-36-22-10-4-9-21-23(22)33(16-17-6-2-3-7-19(17)26(28,29)30)25(35)34(21)18-11-14-32(15-12-18)24-20(27)8-5-13-31-24/h2-10,13,18H,11-12,14-16H2,1H3. The summed E-state index contributed by atoms with van der Waals surface area (Å²) in [6.45, 7) is 0.716. The van der Waals surface area contributed by atoms with Gasteiger partial charge in [-0.1, -0.05) is 24.3 Å². The fourth-order valence-corrected chi connectivity index (χ4v) is 5.02. The number of halogens is 4. The maximum Gasteiger partial charge on any atom is 0.416 e. The number of ether oxygens (including phenoxy) is 1. The molecule has 0 saturated carbocycles. The number of piperidine rings is 1. The van der Waals surface area contributed by atoms with E-state index in [2.05, 4.69) is 4.98 Å². The largest absolute Gasteiger partial charge is 0.494 e. The zero-order valence-corrected chi connectivity index (χ0v) is 19.5. The third kappa shape index (κ3) is 4.20. The highest BCUT2D eigenvalue weighted by atomic mass is 19.4. The van der Waals surface area contributed by atoms with Crippen LogP contribution in [0, 0.1) is 5.82 Å². The van der Waals surface area contributed by atoms with Crippen LogP contribution in [0.15, 0.2) is 65.6 Å². The first-order valence-electron chi connectivity index (χ1n) is 11.6. The van der Waals surface area contributed by atoms with Gasteiger partial charge < -0.3 is 9.64 Å². The Kier molecular flexibility index (Phi) is 6.19. The molecule has 4 aromatic rings. The van der Waals surface area contributed by atoms with Crippen molar-refractivity contribution in [3.8, 4) is 5.75 Å². The number of anilines is 1. The number of para-hydroxylation sites is 1. The molecule has 0 atom stereocenters. The molecule has 0 amide bonds. The van der Waals surface area contributed by atoms with Gasteiger partial charge in [-0.2, -0.15) is 13.2 Å². The van der Waals surface area contributed by atoms with Crippen LogP contribution in [0.2, 0.25) is 0 Å². The average molecular weight is 500 g/mol. The van der Waals surface area contributed by atoms with Crippen LogP contribution >= 0.6 is 0 Å². The van der Waals surface area contributed by atoms with E-state index in [0.29, 0.717) is 42.7 Å². The number of methoxy groups -OCH3 is 1. The number of imidazole rings is 1. The number of hydrogen-bond donors (Lipinski definition) is 0. The molecule has 0 N–H and O–H groups in total. The van der Waals surface area contributed by atoms with E-state index in [1.54, 1.807) is 22.8 Å². The summed E-state index contributed by atoms with van der Waals surface area (Å²) in [5.41, 5.74) is -0.156. The highest BCUT2D eigenvalue weighted by Gasteiger charge is 2.34. The van der Waals surface area contributed by atoms with Crippen molar-refractivity contribution in [2.24, 2.45) is 0 Å². The molecule has 3 heterocycles. The van der Waals surface area contributed by atoms with Crippen LogP contribution < -0.4 is 15.3 Å². The quantitative estimate of drug-likeness (QED) is 0.351. The van der Waals surface area contributed by atoms with Crippen molar-refractivity contribution in [2.45, 2.75) is 31.6 Å². The highest BCUT2D eigenvalue weighted by Crippen LogP contribution is 2.35. The van der Waals surface area contributed by atoms with Gasteiger partial charge in [0.15, 0.2) is 11.6 Å². The van der Waals surface area contributed by atoms with Gasteiger partial charge in [-0.25, -0.2) is 14.2 Å². The Hall–Kier alpha value is -3.82. The minimum Gasteiger partial charge on any atom is -0.494 e. The van der Waals surface area contributed by atoms with E-state index in [4.69, 9.17) is 4.74 Å². The zero-order chi connectivity index (χ0) is 25.4. The number of fused-ring (bicyclic) bond motifs is 1. The predicted molar refractivity (Wildman–Crippen MR) is 128 cm³/mol. The lowest BCUT2D eigenvalue weighted by Crippen LogP contribution is -2.38. The first-order chi connectivity index (χ1) is 17.3. The van der Waals surface area contributed by atoms with E-state index in [1.165, 1.54) is 48.2 Å². The normalized spacial score (nSPS) is 15.0. The van der Waals surface area contributed by atoms with E-state index in [-0.39, 0.29) is 24.0 Å². The number of rotatable bonds is 5. The molecule has 10 heteroatoms. The molecule has 188 valence electrons. The van der Waals surface area contributed by atoms with E-state index in [0.717, 1.165) is 6.07 Å². The fraction of sp³-hybridized carbons (Fsp3) is 0.308. The minimum absolute atomic E-state index is 0.00231. The number of hydrogen-bond acceptors (Lipinski definition) is 4. The van der Waals surface area contributed by atoms with Crippen molar-refractivity contribution in [1.82, 2.24) is 14.1 Å². The second-order valence-corrected chi connectivity index (χ2v) is 8.75. The molecule has 6 nitrogen and oxygen atoms in total. The second kappa shape index (κ2) is 9.33. The summed E-state index contributed by atoms with van der Waals surface area (Å²) in [6.07, 6.45) is -1.92. The van der Waals surface area contributed by atoms with Crippen LogP contribution in [0.5, 0.6) is 5.75 Å². The Labute approximate surface area is 204 Å². The van der Waals surface area contributed by atoms with Crippen molar-refractivity contribution in [1.29, 1.82) is 0 Å². The van der Waals surface area contributed by atoms with Gasteiger partial charge in [0.2, 0.25) is 0 Å². The maximum absolute atomic E-state index is 14.2. The van der Waals surface area contributed by atoms with E-state index in [1.807, 2.05) is 4.90 Å². The van der Waals surface area contributed by atoms with Gasteiger partial charge in [0.1, 0.15) is 11.3 Å². The van der Waals surface area contributed by atoms with Crippen molar-refractivity contribution in [2.75, 3.05) is 25.1 Å². The number of alkyl halides is 3. The van der Waals surface area contributed by atoms with Crippen LogP contribution in [0.3, 0.4) is 0 Å². The molecule has 36 heavy (non-hydrogen) atoms. The van der Waals surface area contributed by atoms with Gasteiger partial charge >= 0.3 is 11.9 Å². The molecule has 0 spiro atoms. The third-order valence-corrected chi connectivity index (χ3v) is 6.68. The van der Waals surface area contributed by atoms with Crippen molar-refractivity contribution in [3.05, 3.63) is 88.2 Å². The lowest BCUT2D eigenvalue weighted by atomic mass is 10.0. The maximum atomic E-state index is 14.2. The topological polar surface area (TPSA) is 52.3 Å². The van der Waals surface area contributed by atoms with E-state index >= 15 is 0 Å². The Morgan fingerprint density at radius 1 is 1.03 bits per heavy atom. The Bertz CT molecular complexity index is 1450. The summed E-state index contributed by atoms with van der Waals surface area (Å²) >= 11 is 0. The zero-order valence-electron chi connectivity index (χ0n) is 19.5. The predicted octanol–water partition coefficient (Wildman–Crippen LogP) is 5.25. The van der Waals surface area contributed by atoms with Crippen LogP contribution in [-0.2, 0) is 12.7 Å². The highest BCUT2D eigenvalue weighted by molar-refractivity contribution is 5.83. The Balaban J connectivity index is 1.55. The monoisotopic (exact) mass is 500 g/mol. The second-order valence-electron chi connectivity index (χ2n) is 8.75. The molecule has 1 aliphatic rings. The number of aromatic nitrogens is 3. The molecule has 5 rings (SSSR count). The van der Waals surface area contributed by atoms with Gasteiger partial charge in [-0.15, -0.1) is 0 Å². The average Bonchev–Trinajstić information content (AvgIpc) is 3.15. The summed E-state index contributed by atoms with van der Waals surface area (Å²) in [4.78, 5) is 19.7. The summed E-state index contributed by atoms with van der Waals surface area (Å²) in [5.74, 6) is 0.273. The summed E-state index contributed by atoms with van der Waals surface area (Å²) in [7, 11) is 1.46. The van der Waals surface area contributed by atoms with Crippen LogP contribution in [0.1, 0.15) is 30.0 Å². The van der Waals surface area contributed by atoms with Crippen molar-refractivity contribution in [3.63, 3.8) is 0 Å². The van der Waals surface area contributed by atoms with E-state index in [9.17, 15) is 22.4 Å². The molecule has 2 aromatic carbocycles. The summed E-state index contributed by atoms with van der Waals surface area (Å²) < 4.78 is 63.7. The van der Waals surface area contributed by atoms with Gasteiger partial charge in [0.05, 0.1) is 24.7 Å². The molecule has 1 saturated heterocycles. The molecule has 0 bridgehead atoms. The molecule has 1 aliphatic heterocycles. The molecule has 1 fully saturated rings. The third-order valence-electron chi connectivity index (χ3n) is 6.68. The number of pyridine rings is 1. The van der Waals surface area contributed by atoms with E-state index < -0.39 is 23.2 Å². The first-order valence-corrected chi connectivity index (χ1v) is 11.6. The van der Waals surface area contributed by atoms with Crippen molar-refractivity contribution < 1.29 is 22.3 Å². The van der Waals surface area contributed by atoms with Crippen LogP contribution in [0.4, 0.5) is 23.4 Å². The Morgan fingerprint density at radius 2 is 1.78 bits per heavy atom. The molecule has 0 radical (unpaired) electrons. The summed E-state index contributed by atoms with van der Waals surface area (Å²) in [6, 6.07) is 13.1. The van der Waals surface area contributed by atoms with Crippen LogP contribution in [0.25, 0.3) is 11.0 Å². The number of nitrogens with zero attached hydrogens (tertiary/aromatic N) is 4. The SMILES string of the molecule is COc1cccc2c1n(Cc1ccccc1C(F)(F)F)c(=O)n2C1CCN(c2ncccc2F)CC1. The van der Waals surface area contributed by atoms with Crippen molar-refractivity contribution >= 4 is 16.9 Å². The molecular formula is C26H24F4N4O2. The van der Waals surface area contributed by atoms with Gasteiger partial charge in [0.25, 0.3) is 0 Å². The van der Waals surface area contributed by atoms with Gasteiger partial charge in [-0.05, 0) is 48.7 Å². The molecule has 2 aromatic heterocycles. The molecular weight excluding hydrogens is 476 g/mol. The lowest BCUT2D eigenvalue weighted by molar-refractivity contribution is -0.138. The smallest absolute Gasteiger partial charge is 0.416 e. The van der Waals surface area contributed by atoms with Gasteiger partial charge in [0, 0.05) is 25.3 Å². The lowest BCUT2D eigenvalue weighted by Gasteiger charge is -2.33. The number of benzene rings is 2. The van der Waals surface area contributed by atoms with Crippen LogP contribution in [-0.4, -0.2) is 34.3 Å². The molecule has 0 unspecified atom stereocenters.